The molecule has 0 aliphatic carbocycles. The van der Waals surface area contributed by atoms with Gasteiger partial charge >= 0.3 is 29.8 Å². The number of esters is 2. The fourth-order valence-corrected chi connectivity index (χ4v) is 6.40. The minimum atomic E-state index is -1.14. The van der Waals surface area contributed by atoms with Crippen LogP contribution in [0.25, 0.3) is 0 Å². The summed E-state index contributed by atoms with van der Waals surface area (Å²) >= 11 is 0. The first-order chi connectivity index (χ1) is 31.9. The van der Waals surface area contributed by atoms with Crippen LogP contribution in [0.15, 0.2) is 48.5 Å². The average molecular weight is 935 g/mol. The lowest BCUT2D eigenvalue weighted by molar-refractivity contribution is -0.144. The molecule has 374 valence electrons. The number of anilines is 2. The van der Waals surface area contributed by atoms with E-state index >= 15 is 0 Å². The van der Waals surface area contributed by atoms with Crippen LogP contribution < -0.4 is 30.7 Å². The number of unbranched alkanes of at least 4 members (excludes halogenated alkanes) is 11. The first-order valence-electron chi connectivity index (χ1n) is 23.5. The summed E-state index contributed by atoms with van der Waals surface area (Å²) in [5.41, 5.74) is 11.2. The Kier molecular flexibility index (Phi) is 34.8. The molecular weight excluding hydrogens is 857 g/mol. The number of para-hydroxylation sites is 4. The summed E-state index contributed by atoms with van der Waals surface area (Å²) in [6.07, 6.45) is 16.0. The summed E-state index contributed by atoms with van der Waals surface area (Å²) in [5, 5.41) is 27.5. The zero-order valence-corrected chi connectivity index (χ0v) is 39.4. The van der Waals surface area contributed by atoms with Crippen molar-refractivity contribution >= 4 is 41.2 Å². The molecule has 0 unspecified atom stereocenters. The molecule has 0 radical (unpaired) electrons. The van der Waals surface area contributed by atoms with Crippen LogP contribution >= 0.6 is 0 Å². The molecule has 0 fully saturated rings. The van der Waals surface area contributed by atoms with E-state index in [1.165, 1.54) is 61.2 Å². The fourth-order valence-electron chi connectivity index (χ4n) is 6.40. The normalized spacial score (nSPS) is 11.2. The highest BCUT2D eigenvalue weighted by molar-refractivity contribution is 5.83. The van der Waals surface area contributed by atoms with Crippen molar-refractivity contribution in [2.45, 2.75) is 116 Å². The Morgan fingerprint density at radius 2 is 0.924 bits per heavy atom. The van der Waals surface area contributed by atoms with Crippen LogP contribution in [0.3, 0.4) is 0 Å². The summed E-state index contributed by atoms with van der Waals surface area (Å²) in [6, 6.07) is 12.7. The molecule has 0 spiro atoms. The van der Waals surface area contributed by atoms with Crippen LogP contribution in [-0.4, -0.2) is 137 Å². The zero-order chi connectivity index (χ0) is 48.6. The van der Waals surface area contributed by atoms with Gasteiger partial charge < -0.3 is 65.0 Å². The molecule has 0 heterocycles. The Morgan fingerprint density at radius 1 is 0.515 bits per heavy atom. The number of nitrogens with two attached hydrogens (primary N) is 2. The second-order valence-electron chi connectivity index (χ2n) is 15.6. The lowest BCUT2D eigenvalue weighted by atomic mass is 10.1. The molecule has 0 aromatic heterocycles. The second-order valence-corrected chi connectivity index (χ2v) is 15.6. The number of carbonyl (C=O) groups excluding carboxylic acids is 2. The summed E-state index contributed by atoms with van der Waals surface area (Å²) in [7, 11) is 0. The predicted molar refractivity (Wildman–Crippen MR) is 252 cm³/mol. The molecule has 0 aliphatic rings. The maximum atomic E-state index is 12.7. The molecule has 18 heteroatoms. The third-order valence-corrected chi connectivity index (χ3v) is 9.85. The number of carboxylic acid groups (broad SMARTS) is 3. The fraction of sp³-hybridized carbons (Fsp3) is 0.646. The monoisotopic (exact) mass is 935 g/mol. The minimum Gasteiger partial charge on any atom is -0.488 e. The number of hydrogen-bond acceptors (Lipinski definition) is 15. The van der Waals surface area contributed by atoms with Gasteiger partial charge in [0.25, 0.3) is 0 Å². The quantitative estimate of drug-likeness (QED) is 0.0363. The van der Waals surface area contributed by atoms with Gasteiger partial charge in [0.05, 0.1) is 24.6 Å². The van der Waals surface area contributed by atoms with Crippen molar-refractivity contribution in [2.24, 2.45) is 11.5 Å². The highest BCUT2D eigenvalue weighted by Crippen LogP contribution is 2.30. The van der Waals surface area contributed by atoms with Crippen LogP contribution in [0.2, 0.25) is 0 Å². The maximum Gasteiger partial charge on any atom is 0.325 e. The number of carboxylic acids is 3. The minimum absolute atomic E-state index is 0.0202. The lowest BCUT2D eigenvalue weighted by Crippen LogP contribution is -2.36. The summed E-state index contributed by atoms with van der Waals surface area (Å²) in [5.74, 6) is -3.76. The molecule has 0 saturated heterocycles. The molecule has 0 bridgehead atoms. The summed E-state index contributed by atoms with van der Waals surface area (Å²) in [6.45, 7) is 5.27. The van der Waals surface area contributed by atoms with Crippen LogP contribution in [0.1, 0.15) is 110 Å². The zero-order valence-electron chi connectivity index (χ0n) is 39.4. The first-order valence-corrected chi connectivity index (χ1v) is 23.5. The van der Waals surface area contributed by atoms with E-state index in [1.54, 1.807) is 48.5 Å². The van der Waals surface area contributed by atoms with E-state index in [2.05, 4.69) is 13.8 Å². The Morgan fingerprint density at radius 3 is 1.32 bits per heavy atom. The third kappa shape index (κ3) is 30.1. The van der Waals surface area contributed by atoms with E-state index in [0.717, 1.165) is 38.5 Å². The van der Waals surface area contributed by atoms with Gasteiger partial charge in [0, 0.05) is 13.2 Å². The van der Waals surface area contributed by atoms with E-state index in [1.807, 2.05) is 0 Å². The predicted octanol–water partition coefficient (Wildman–Crippen LogP) is 6.29. The van der Waals surface area contributed by atoms with Gasteiger partial charge in [-0.1, -0.05) is 109 Å². The topological polar surface area (TPSA) is 260 Å². The van der Waals surface area contributed by atoms with Crippen LogP contribution in [0.5, 0.6) is 11.5 Å². The molecule has 2 aromatic rings. The number of ether oxygens (including phenoxy) is 6. The van der Waals surface area contributed by atoms with Gasteiger partial charge in [-0.3, -0.25) is 24.0 Å². The molecule has 66 heavy (non-hydrogen) atoms. The van der Waals surface area contributed by atoms with Crippen molar-refractivity contribution in [3.05, 3.63) is 48.5 Å². The van der Waals surface area contributed by atoms with Gasteiger partial charge in [-0.2, -0.15) is 0 Å². The Labute approximate surface area is 391 Å². The highest BCUT2D eigenvalue weighted by atomic mass is 16.6. The molecule has 0 aliphatic heterocycles. The van der Waals surface area contributed by atoms with E-state index < -0.39 is 49.0 Å². The van der Waals surface area contributed by atoms with Crippen molar-refractivity contribution in [3.63, 3.8) is 0 Å². The molecule has 1 atom stereocenters. The number of carbonyl (C=O) groups is 5. The van der Waals surface area contributed by atoms with Crippen molar-refractivity contribution in [2.75, 3.05) is 95.4 Å². The molecule has 0 saturated carbocycles. The van der Waals surface area contributed by atoms with E-state index in [9.17, 15) is 34.2 Å². The number of rotatable bonds is 40. The van der Waals surface area contributed by atoms with Crippen molar-refractivity contribution in [1.82, 2.24) is 0 Å². The number of benzene rings is 2. The Hall–Kier alpha value is -5.17. The summed E-state index contributed by atoms with van der Waals surface area (Å²) in [4.78, 5) is 61.7. The Bertz CT molecular complexity index is 1510. The van der Waals surface area contributed by atoms with Crippen LogP contribution in [0, 0.1) is 0 Å². The number of hydrogen-bond donors (Lipinski definition) is 5. The van der Waals surface area contributed by atoms with Gasteiger partial charge in [-0.25, -0.2) is 0 Å². The Balaban J connectivity index is 0.00000193. The SMILES string of the molecule is CCCCCCCCOCCOC(=O)CN(CC(=O)O)c1ccccc1OCCOc1ccccc1N(CC(=O)O)CC(=O)OCCOCCCCCCCC.NCCCC[C@H](N)C(=O)O. The van der Waals surface area contributed by atoms with Crippen molar-refractivity contribution in [1.29, 1.82) is 0 Å². The average Bonchev–Trinajstić information content (AvgIpc) is 3.29. The third-order valence-electron chi connectivity index (χ3n) is 9.85. The molecule has 2 aromatic carbocycles. The lowest BCUT2D eigenvalue weighted by Gasteiger charge is -2.25. The first kappa shape index (κ1) is 58.8. The van der Waals surface area contributed by atoms with Crippen molar-refractivity contribution < 1.29 is 67.7 Å². The largest absolute Gasteiger partial charge is 0.488 e. The van der Waals surface area contributed by atoms with Crippen molar-refractivity contribution in [3.8, 4) is 11.5 Å². The number of aliphatic carboxylic acids is 3. The molecule has 18 nitrogen and oxygen atoms in total. The van der Waals surface area contributed by atoms with Gasteiger partial charge in [-0.05, 0) is 56.5 Å². The van der Waals surface area contributed by atoms with Gasteiger partial charge in [0.1, 0.15) is 70.1 Å². The molecule has 2 rings (SSSR count). The molecule has 0 amide bonds. The van der Waals surface area contributed by atoms with E-state index in [4.69, 9.17) is 45.0 Å². The van der Waals surface area contributed by atoms with Gasteiger partial charge in [0.2, 0.25) is 0 Å². The molecule has 7 N–H and O–H groups in total. The van der Waals surface area contributed by atoms with E-state index in [0.29, 0.717) is 49.1 Å². The highest BCUT2D eigenvalue weighted by Gasteiger charge is 2.21. The van der Waals surface area contributed by atoms with Gasteiger partial charge in [-0.15, -0.1) is 0 Å². The smallest absolute Gasteiger partial charge is 0.325 e. The number of nitrogens with zero attached hydrogens (tertiary/aromatic N) is 2. The van der Waals surface area contributed by atoms with Crippen LogP contribution in [0.4, 0.5) is 11.4 Å². The molecular formula is C48H78N4O14. The van der Waals surface area contributed by atoms with Gasteiger partial charge in [0.15, 0.2) is 0 Å². The maximum absolute atomic E-state index is 12.7. The second kappa shape index (κ2) is 39.0. The standard InChI is InChI=1S/C42H64N2O12.C6H14N2O2/c1-3-5-7-9-11-17-23-51-25-27-55-41(49)33-43(31-39(45)46)35-19-13-15-21-37(35)53-29-30-54-38-22-16-14-20-36(38)44(32-40(47)48)34-42(50)56-28-26-52-24-18-12-10-8-6-4-2;7-4-2-1-3-5(8)6(9)10/h13-16,19-22H,3-12,17-18,23-34H2,1-2H3,(H,45,46)(H,47,48);5H,1-4,7-8H2,(H,9,10)/t;5-/m.0/s1. The van der Waals surface area contributed by atoms with E-state index in [-0.39, 0.29) is 52.7 Å². The summed E-state index contributed by atoms with van der Waals surface area (Å²) < 4.78 is 33.7. The van der Waals surface area contributed by atoms with Crippen LogP contribution in [-0.2, 0) is 42.9 Å².